The number of hydrogen-bond donors (Lipinski definition) is 0. The van der Waals surface area contributed by atoms with Crippen LogP contribution in [0.4, 0.5) is 0 Å². The van der Waals surface area contributed by atoms with Gasteiger partial charge in [0, 0.05) is 5.56 Å². The zero-order valence-corrected chi connectivity index (χ0v) is 8.70. The molecule has 0 N–H and O–H groups in total. The predicted octanol–water partition coefficient (Wildman–Crippen LogP) is 3.64. The van der Waals surface area contributed by atoms with Crippen LogP contribution in [0.1, 0.15) is 11.1 Å². The van der Waals surface area contributed by atoms with Gasteiger partial charge >= 0.3 is 0 Å². The molecular formula is C15H12. The van der Waals surface area contributed by atoms with Crippen LogP contribution in [0.5, 0.6) is 0 Å². The highest BCUT2D eigenvalue weighted by molar-refractivity contribution is 5.71. The second kappa shape index (κ2) is 4.02. The highest BCUT2D eigenvalue weighted by Gasteiger charge is 2.02. The molecule has 0 saturated heterocycles. The van der Waals surface area contributed by atoms with Crippen LogP contribution in [0.15, 0.2) is 48.5 Å². The van der Waals surface area contributed by atoms with Crippen LogP contribution in [-0.2, 0) is 0 Å². The minimum atomic E-state index is 0.951. The van der Waals surface area contributed by atoms with Gasteiger partial charge in [0.1, 0.15) is 0 Å². The van der Waals surface area contributed by atoms with E-state index in [1.165, 1.54) is 11.1 Å². The Balaban J connectivity index is 2.62. The Labute approximate surface area is 90.6 Å². The van der Waals surface area contributed by atoms with Gasteiger partial charge in [-0.25, -0.2) is 0 Å². The zero-order valence-electron chi connectivity index (χ0n) is 8.70. The van der Waals surface area contributed by atoms with E-state index in [-0.39, 0.29) is 0 Å². The molecule has 0 aliphatic rings. The topological polar surface area (TPSA) is 0 Å². The number of benzene rings is 2. The molecule has 0 heterocycles. The minimum absolute atomic E-state index is 0.951. The summed E-state index contributed by atoms with van der Waals surface area (Å²) in [6, 6.07) is 16.4. The predicted molar refractivity (Wildman–Crippen MR) is 64.6 cm³/mol. The van der Waals surface area contributed by atoms with Crippen molar-refractivity contribution in [1.82, 2.24) is 0 Å². The van der Waals surface area contributed by atoms with Gasteiger partial charge < -0.3 is 0 Å². The quantitative estimate of drug-likeness (QED) is 0.605. The largest absolute Gasteiger partial charge is 0.115 e. The lowest BCUT2D eigenvalue weighted by Gasteiger charge is -2.05. The molecule has 0 aliphatic heterocycles. The van der Waals surface area contributed by atoms with Crippen molar-refractivity contribution in [3.63, 3.8) is 0 Å². The van der Waals surface area contributed by atoms with Crippen LogP contribution < -0.4 is 0 Å². The molecule has 2 rings (SSSR count). The molecule has 0 atom stereocenters. The molecule has 0 bridgehead atoms. The van der Waals surface area contributed by atoms with Gasteiger partial charge in [0.2, 0.25) is 0 Å². The Morgan fingerprint density at radius 1 is 1.00 bits per heavy atom. The van der Waals surface area contributed by atoms with Crippen LogP contribution in [-0.4, -0.2) is 0 Å². The molecule has 0 radical (unpaired) electrons. The Hall–Kier alpha value is -2.00. The third-order valence-corrected chi connectivity index (χ3v) is 2.42. The maximum absolute atomic E-state index is 5.49. The smallest absolute Gasteiger partial charge is 0.0321 e. The molecule has 0 amide bonds. The molecule has 2 aromatic rings. The van der Waals surface area contributed by atoms with Crippen molar-refractivity contribution in [1.29, 1.82) is 0 Å². The Morgan fingerprint density at radius 3 is 2.40 bits per heavy atom. The van der Waals surface area contributed by atoms with Crippen LogP contribution in [0.25, 0.3) is 11.1 Å². The van der Waals surface area contributed by atoms with Gasteiger partial charge in [0.25, 0.3) is 0 Å². The highest BCUT2D eigenvalue weighted by atomic mass is 14.1. The molecular weight excluding hydrogens is 180 g/mol. The van der Waals surface area contributed by atoms with Gasteiger partial charge in [-0.2, -0.15) is 0 Å². The van der Waals surface area contributed by atoms with E-state index >= 15 is 0 Å². The van der Waals surface area contributed by atoms with E-state index in [0.29, 0.717) is 0 Å². The average molecular weight is 192 g/mol. The van der Waals surface area contributed by atoms with Crippen molar-refractivity contribution in [2.24, 2.45) is 0 Å². The molecule has 15 heavy (non-hydrogen) atoms. The third-order valence-electron chi connectivity index (χ3n) is 2.42. The first-order valence-corrected chi connectivity index (χ1v) is 4.94. The SMILES string of the molecule is C#Cc1ccc(C)cc1-c1ccccc1. The number of hydrogen-bond acceptors (Lipinski definition) is 0. The second-order valence-corrected chi connectivity index (χ2v) is 3.56. The van der Waals surface area contributed by atoms with Gasteiger partial charge in [0.05, 0.1) is 0 Å². The van der Waals surface area contributed by atoms with E-state index in [1.54, 1.807) is 0 Å². The van der Waals surface area contributed by atoms with Gasteiger partial charge in [-0.1, -0.05) is 53.9 Å². The van der Waals surface area contributed by atoms with Gasteiger partial charge in [-0.3, -0.25) is 0 Å². The van der Waals surface area contributed by atoms with Gasteiger partial charge in [-0.15, -0.1) is 6.42 Å². The first-order chi connectivity index (χ1) is 7.31. The van der Waals surface area contributed by atoms with E-state index in [9.17, 15) is 0 Å². The summed E-state index contributed by atoms with van der Waals surface area (Å²) in [5.41, 5.74) is 4.49. The highest BCUT2D eigenvalue weighted by Crippen LogP contribution is 2.23. The minimum Gasteiger partial charge on any atom is -0.115 e. The fraction of sp³-hybridized carbons (Fsp3) is 0.0667. The van der Waals surface area contributed by atoms with E-state index in [0.717, 1.165) is 11.1 Å². The molecule has 0 nitrogen and oxygen atoms in total. The Bertz CT molecular complexity index is 501. The van der Waals surface area contributed by atoms with E-state index in [4.69, 9.17) is 6.42 Å². The fourth-order valence-electron chi connectivity index (χ4n) is 1.64. The first-order valence-electron chi connectivity index (χ1n) is 4.94. The van der Waals surface area contributed by atoms with Crippen LogP contribution in [0, 0.1) is 19.3 Å². The van der Waals surface area contributed by atoms with Crippen molar-refractivity contribution in [3.05, 3.63) is 59.7 Å². The van der Waals surface area contributed by atoms with Crippen molar-refractivity contribution >= 4 is 0 Å². The molecule has 0 aromatic heterocycles. The van der Waals surface area contributed by atoms with E-state index in [2.05, 4.69) is 31.0 Å². The van der Waals surface area contributed by atoms with E-state index < -0.39 is 0 Å². The molecule has 0 saturated carbocycles. The standard InChI is InChI=1S/C15H12/c1-3-13-10-9-12(2)11-15(13)14-7-5-4-6-8-14/h1,4-11H,2H3. The van der Waals surface area contributed by atoms with Gasteiger partial charge in [0.15, 0.2) is 0 Å². The molecule has 0 spiro atoms. The monoisotopic (exact) mass is 192 g/mol. The summed E-state index contributed by atoms with van der Waals surface area (Å²) in [5, 5.41) is 0. The molecule has 72 valence electrons. The lowest BCUT2D eigenvalue weighted by atomic mass is 9.98. The molecule has 0 heteroatoms. The summed E-state index contributed by atoms with van der Waals surface area (Å²) >= 11 is 0. The Morgan fingerprint density at radius 2 is 1.73 bits per heavy atom. The summed E-state index contributed by atoms with van der Waals surface area (Å²) in [6.45, 7) is 2.08. The van der Waals surface area contributed by atoms with Crippen LogP contribution in [0.2, 0.25) is 0 Å². The number of aryl methyl sites for hydroxylation is 1. The normalized spacial score (nSPS) is 9.60. The summed E-state index contributed by atoms with van der Waals surface area (Å²) in [4.78, 5) is 0. The summed E-state index contributed by atoms with van der Waals surface area (Å²) in [7, 11) is 0. The van der Waals surface area contributed by atoms with Gasteiger partial charge in [-0.05, 0) is 24.1 Å². The number of rotatable bonds is 1. The zero-order chi connectivity index (χ0) is 10.7. The summed E-state index contributed by atoms with van der Waals surface area (Å²) in [6.07, 6.45) is 5.49. The molecule has 0 unspecified atom stereocenters. The lowest BCUT2D eigenvalue weighted by molar-refractivity contribution is 1.45. The summed E-state index contributed by atoms with van der Waals surface area (Å²) < 4.78 is 0. The van der Waals surface area contributed by atoms with Crippen molar-refractivity contribution in [3.8, 4) is 23.5 Å². The maximum Gasteiger partial charge on any atom is 0.0321 e. The Kier molecular flexibility index (Phi) is 2.56. The van der Waals surface area contributed by atoms with Crippen LogP contribution in [0.3, 0.4) is 0 Å². The van der Waals surface area contributed by atoms with Crippen molar-refractivity contribution < 1.29 is 0 Å². The fourth-order valence-corrected chi connectivity index (χ4v) is 1.64. The van der Waals surface area contributed by atoms with Crippen LogP contribution >= 0.6 is 0 Å². The molecule has 2 aromatic carbocycles. The second-order valence-electron chi connectivity index (χ2n) is 3.56. The maximum atomic E-state index is 5.49. The van der Waals surface area contributed by atoms with Crippen molar-refractivity contribution in [2.75, 3.05) is 0 Å². The number of terminal acetylenes is 1. The average Bonchev–Trinajstić information content (AvgIpc) is 2.30. The third kappa shape index (κ3) is 1.92. The molecule has 0 fully saturated rings. The lowest BCUT2D eigenvalue weighted by Crippen LogP contribution is -1.85. The molecule has 0 aliphatic carbocycles. The summed E-state index contributed by atoms with van der Waals surface area (Å²) in [5.74, 6) is 2.72. The van der Waals surface area contributed by atoms with Crippen molar-refractivity contribution in [2.45, 2.75) is 6.92 Å². The van der Waals surface area contributed by atoms with E-state index in [1.807, 2.05) is 30.3 Å². The first kappa shape index (κ1) is 9.55.